The highest BCUT2D eigenvalue weighted by Crippen LogP contribution is 2.27. The lowest BCUT2D eigenvalue weighted by molar-refractivity contribution is 0.0918. The van der Waals surface area contributed by atoms with Gasteiger partial charge in [-0.2, -0.15) is 0 Å². The fourth-order valence-electron chi connectivity index (χ4n) is 3.94. The number of sulfonamides is 1. The molecule has 2 fully saturated rings. The minimum Gasteiger partial charge on any atom is -0.349 e. The molecule has 4 rings (SSSR count). The van der Waals surface area contributed by atoms with E-state index in [1.807, 2.05) is 0 Å². The maximum Gasteiger partial charge on any atom is 0.261 e. The smallest absolute Gasteiger partial charge is 0.261 e. The average Bonchev–Trinajstić information content (AvgIpc) is 3.17. The van der Waals surface area contributed by atoms with E-state index in [-0.39, 0.29) is 16.8 Å². The number of amides is 1. The number of hydrazine groups is 1. The van der Waals surface area contributed by atoms with Crippen LogP contribution >= 0.6 is 11.6 Å². The van der Waals surface area contributed by atoms with E-state index in [2.05, 4.69) is 20.9 Å². The summed E-state index contributed by atoms with van der Waals surface area (Å²) in [5.41, 5.74) is 7.17. The predicted molar refractivity (Wildman–Crippen MR) is 112 cm³/mol. The number of carbonyl (C=O) groups is 1. The van der Waals surface area contributed by atoms with Gasteiger partial charge in [-0.3, -0.25) is 20.4 Å². The molecule has 2 aromatic carbocycles. The zero-order valence-corrected chi connectivity index (χ0v) is 17.3. The molecule has 2 aliphatic rings. The number of hydrogen-bond acceptors (Lipinski definition) is 5. The van der Waals surface area contributed by atoms with Gasteiger partial charge in [-0.15, -0.1) is 0 Å². The third-order valence-electron chi connectivity index (χ3n) is 5.47. The summed E-state index contributed by atoms with van der Waals surface area (Å²) in [4.78, 5) is 12.7. The van der Waals surface area contributed by atoms with E-state index in [9.17, 15) is 13.2 Å². The van der Waals surface area contributed by atoms with Crippen LogP contribution in [-0.2, 0) is 10.0 Å². The molecule has 1 saturated carbocycles. The summed E-state index contributed by atoms with van der Waals surface area (Å²) >= 11 is 5.84. The fraction of sp³-hybridized carbons (Fsp3) is 0.350. The van der Waals surface area contributed by atoms with E-state index < -0.39 is 10.0 Å². The van der Waals surface area contributed by atoms with E-state index in [4.69, 9.17) is 11.6 Å². The van der Waals surface area contributed by atoms with Gasteiger partial charge in [-0.25, -0.2) is 8.42 Å². The van der Waals surface area contributed by atoms with Gasteiger partial charge in [0.2, 0.25) is 0 Å². The largest absolute Gasteiger partial charge is 0.349 e. The van der Waals surface area contributed by atoms with Gasteiger partial charge >= 0.3 is 0 Å². The zero-order valence-electron chi connectivity index (χ0n) is 15.7. The molecule has 9 heteroatoms. The van der Waals surface area contributed by atoms with Gasteiger partial charge in [0.15, 0.2) is 0 Å². The van der Waals surface area contributed by atoms with Gasteiger partial charge in [-0.05, 0) is 67.6 Å². The molecular weight excluding hydrogens is 412 g/mol. The Labute approximate surface area is 175 Å². The van der Waals surface area contributed by atoms with Gasteiger partial charge in [-0.1, -0.05) is 17.7 Å². The molecule has 3 atom stereocenters. The molecule has 7 nitrogen and oxygen atoms in total. The Morgan fingerprint density at radius 3 is 2.69 bits per heavy atom. The third-order valence-corrected chi connectivity index (χ3v) is 7.10. The molecule has 1 saturated heterocycles. The molecule has 29 heavy (non-hydrogen) atoms. The Kier molecular flexibility index (Phi) is 5.78. The monoisotopic (exact) mass is 434 g/mol. The van der Waals surface area contributed by atoms with Crippen molar-refractivity contribution in [2.45, 2.75) is 36.2 Å². The van der Waals surface area contributed by atoms with Gasteiger partial charge in [0, 0.05) is 34.9 Å². The topological polar surface area (TPSA) is 99.3 Å². The summed E-state index contributed by atoms with van der Waals surface area (Å²) in [5.74, 6) is 0.250. The number of rotatable bonds is 5. The predicted octanol–water partition coefficient (Wildman–Crippen LogP) is 2.52. The van der Waals surface area contributed by atoms with Gasteiger partial charge in [0.25, 0.3) is 15.9 Å². The molecule has 1 aliphatic carbocycles. The minimum absolute atomic E-state index is 0.0352. The molecule has 0 radical (unpaired) electrons. The second kappa shape index (κ2) is 8.31. The molecular formula is C20H23ClN4O3S. The van der Waals surface area contributed by atoms with E-state index in [1.165, 1.54) is 12.1 Å². The Bertz CT molecular complexity index is 997. The summed E-state index contributed by atoms with van der Waals surface area (Å²) in [6, 6.07) is 13.0. The molecule has 0 spiro atoms. The van der Waals surface area contributed by atoms with Crippen molar-refractivity contribution >= 4 is 33.2 Å². The first-order valence-electron chi connectivity index (χ1n) is 9.58. The van der Waals surface area contributed by atoms with Gasteiger partial charge in [0.1, 0.15) is 0 Å². The van der Waals surface area contributed by atoms with Crippen molar-refractivity contribution in [2.24, 2.45) is 5.92 Å². The van der Waals surface area contributed by atoms with Gasteiger partial charge < -0.3 is 5.32 Å². The van der Waals surface area contributed by atoms with Crippen LogP contribution in [0.2, 0.25) is 5.02 Å². The molecule has 1 aliphatic heterocycles. The van der Waals surface area contributed by atoms with Crippen molar-refractivity contribution in [3.8, 4) is 0 Å². The summed E-state index contributed by atoms with van der Waals surface area (Å²) in [5, 5.41) is 3.58. The minimum atomic E-state index is -3.82. The number of halogens is 1. The second-order valence-corrected chi connectivity index (χ2v) is 9.63. The van der Waals surface area contributed by atoms with Gasteiger partial charge in [0.05, 0.1) is 4.90 Å². The van der Waals surface area contributed by atoms with Crippen molar-refractivity contribution in [1.82, 2.24) is 16.2 Å². The molecule has 0 bridgehead atoms. The Balaban J connectivity index is 1.44. The lowest BCUT2D eigenvalue weighted by Crippen LogP contribution is -2.44. The highest BCUT2D eigenvalue weighted by Gasteiger charge is 2.34. The van der Waals surface area contributed by atoms with Crippen LogP contribution in [0, 0.1) is 5.92 Å². The zero-order chi connectivity index (χ0) is 20.4. The number of anilines is 1. The fourth-order valence-corrected chi connectivity index (χ4v) is 5.17. The SMILES string of the molecule is O=C(NC1CCC2NNCC2C1)c1cccc(S(=O)(=O)Nc2ccc(Cl)cc2)c1. The number of fused-ring (bicyclic) bond motifs is 1. The van der Waals surface area contributed by atoms with E-state index in [1.54, 1.807) is 36.4 Å². The van der Waals surface area contributed by atoms with Crippen molar-refractivity contribution in [3.63, 3.8) is 0 Å². The first kappa shape index (κ1) is 20.2. The van der Waals surface area contributed by atoms with Crippen molar-refractivity contribution in [3.05, 3.63) is 59.1 Å². The summed E-state index contributed by atoms with van der Waals surface area (Å²) in [6.45, 7) is 0.904. The summed E-state index contributed by atoms with van der Waals surface area (Å²) in [6.07, 6.45) is 2.81. The van der Waals surface area contributed by atoms with Crippen LogP contribution in [0.1, 0.15) is 29.6 Å². The standard InChI is InChI=1S/C20H23ClN4O3S/c21-15-4-6-16(7-5-15)25-29(27,28)18-3-1-2-13(11-18)20(26)23-17-8-9-19-14(10-17)12-22-24-19/h1-7,11,14,17,19,22,24-25H,8-10,12H2,(H,23,26). The summed E-state index contributed by atoms with van der Waals surface area (Å²) < 4.78 is 27.9. The first-order chi connectivity index (χ1) is 13.9. The maximum absolute atomic E-state index is 12.7. The molecule has 1 amide bonds. The number of carbonyl (C=O) groups excluding carboxylic acids is 1. The normalized spacial score (nSPS) is 24.0. The molecule has 1 heterocycles. The average molecular weight is 435 g/mol. The van der Waals surface area contributed by atoms with Crippen molar-refractivity contribution in [2.75, 3.05) is 11.3 Å². The van der Waals surface area contributed by atoms with E-state index >= 15 is 0 Å². The highest BCUT2D eigenvalue weighted by atomic mass is 35.5. The van der Waals surface area contributed by atoms with Crippen LogP contribution in [0.15, 0.2) is 53.4 Å². The number of benzene rings is 2. The quantitative estimate of drug-likeness (QED) is 0.579. The maximum atomic E-state index is 12.7. The second-order valence-electron chi connectivity index (χ2n) is 7.52. The van der Waals surface area contributed by atoms with Crippen molar-refractivity contribution < 1.29 is 13.2 Å². The molecule has 3 unspecified atom stereocenters. The number of hydrogen-bond donors (Lipinski definition) is 4. The van der Waals surface area contributed by atoms with Crippen LogP contribution in [0.4, 0.5) is 5.69 Å². The third kappa shape index (κ3) is 4.72. The van der Waals surface area contributed by atoms with Crippen molar-refractivity contribution in [1.29, 1.82) is 0 Å². The van der Waals surface area contributed by atoms with Crippen LogP contribution in [-0.4, -0.2) is 33.0 Å². The number of nitrogens with one attached hydrogen (secondary N) is 4. The van der Waals surface area contributed by atoms with E-state index in [0.717, 1.165) is 25.8 Å². The molecule has 0 aromatic heterocycles. The Hall–Kier alpha value is -2.13. The van der Waals surface area contributed by atoms with Crippen LogP contribution in [0.3, 0.4) is 0 Å². The molecule has 2 aromatic rings. The van der Waals surface area contributed by atoms with Crippen LogP contribution < -0.4 is 20.9 Å². The van der Waals surface area contributed by atoms with E-state index in [0.29, 0.717) is 28.2 Å². The molecule has 154 valence electrons. The van der Waals surface area contributed by atoms with Crippen LogP contribution in [0.5, 0.6) is 0 Å². The summed E-state index contributed by atoms with van der Waals surface area (Å²) in [7, 11) is -3.82. The molecule has 4 N–H and O–H groups in total. The highest BCUT2D eigenvalue weighted by molar-refractivity contribution is 7.92. The lowest BCUT2D eigenvalue weighted by atomic mass is 9.83. The lowest BCUT2D eigenvalue weighted by Gasteiger charge is -2.31. The van der Waals surface area contributed by atoms with Crippen LogP contribution in [0.25, 0.3) is 0 Å². The Morgan fingerprint density at radius 1 is 1.10 bits per heavy atom. The Morgan fingerprint density at radius 2 is 1.90 bits per heavy atom. The first-order valence-corrected chi connectivity index (χ1v) is 11.4.